The summed E-state index contributed by atoms with van der Waals surface area (Å²) in [5.74, 6) is -1.49. The molecule has 0 bridgehead atoms. The van der Waals surface area contributed by atoms with Gasteiger partial charge >= 0.3 is 5.97 Å². The molecule has 6 heteroatoms. The second kappa shape index (κ2) is 13.1. The number of hydrogen-bond acceptors (Lipinski definition) is 3. The van der Waals surface area contributed by atoms with Crippen molar-refractivity contribution in [2.75, 3.05) is 6.54 Å². The second-order valence-corrected chi connectivity index (χ2v) is 9.25. The molecule has 31 heavy (non-hydrogen) atoms. The maximum Gasteiger partial charge on any atom is 0.304 e. The van der Waals surface area contributed by atoms with Gasteiger partial charge in [-0.3, -0.25) is 14.4 Å². The van der Waals surface area contributed by atoms with E-state index >= 15 is 0 Å². The van der Waals surface area contributed by atoms with Crippen LogP contribution >= 0.6 is 0 Å². The summed E-state index contributed by atoms with van der Waals surface area (Å²) in [6.07, 6.45) is 7.33. The Morgan fingerprint density at radius 2 is 1.71 bits per heavy atom. The van der Waals surface area contributed by atoms with E-state index in [1.807, 2.05) is 44.2 Å². The van der Waals surface area contributed by atoms with E-state index in [9.17, 15) is 19.5 Å². The highest BCUT2D eigenvalue weighted by Gasteiger charge is 2.30. The number of carboxylic acids is 1. The molecule has 0 heterocycles. The third kappa shape index (κ3) is 9.53. The molecule has 1 aliphatic carbocycles. The molecule has 0 saturated heterocycles. The molecule has 1 fully saturated rings. The number of amides is 2. The second-order valence-electron chi connectivity index (χ2n) is 9.25. The fourth-order valence-electron chi connectivity index (χ4n) is 4.44. The smallest absolute Gasteiger partial charge is 0.304 e. The average molecular weight is 431 g/mol. The van der Waals surface area contributed by atoms with Crippen LogP contribution < -0.4 is 10.6 Å². The zero-order valence-electron chi connectivity index (χ0n) is 18.9. The van der Waals surface area contributed by atoms with Crippen molar-refractivity contribution in [3.63, 3.8) is 0 Å². The Morgan fingerprint density at radius 3 is 2.32 bits per heavy atom. The summed E-state index contributed by atoms with van der Waals surface area (Å²) in [4.78, 5) is 37.1. The highest BCUT2D eigenvalue weighted by molar-refractivity contribution is 5.89. The molecule has 2 amide bonds. The van der Waals surface area contributed by atoms with E-state index in [1.165, 1.54) is 6.42 Å². The number of carbonyl (C=O) groups is 3. The molecule has 1 saturated carbocycles. The zero-order chi connectivity index (χ0) is 22.6. The van der Waals surface area contributed by atoms with Crippen LogP contribution in [-0.2, 0) is 20.8 Å². The van der Waals surface area contributed by atoms with Gasteiger partial charge in [0.2, 0.25) is 11.8 Å². The van der Waals surface area contributed by atoms with Crippen molar-refractivity contribution < 1.29 is 19.5 Å². The number of aliphatic carboxylic acids is 1. The van der Waals surface area contributed by atoms with Crippen LogP contribution in [0.5, 0.6) is 0 Å². The van der Waals surface area contributed by atoms with Crippen LogP contribution in [0.2, 0.25) is 0 Å². The SMILES string of the molecule is CC(C)C[C@H](CC(=O)O)C(=O)N[C@@H](CC1CCCCC1)C(=O)NCCc1ccccc1. The maximum atomic E-state index is 13.0. The lowest BCUT2D eigenvalue weighted by Crippen LogP contribution is -2.50. The summed E-state index contributed by atoms with van der Waals surface area (Å²) in [6, 6.07) is 9.34. The summed E-state index contributed by atoms with van der Waals surface area (Å²) in [5, 5.41) is 15.1. The Labute approximate surface area is 186 Å². The highest BCUT2D eigenvalue weighted by atomic mass is 16.4. The van der Waals surface area contributed by atoms with E-state index < -0.39 is 17.9 Å². The van der Waals surface area contributed by atoms with Crippen LogP contribution in [0.15, 0.2) is 30.3 Å². The summed E-state index contributed by atoms with van der Waals surface area (Å²) < 4.78 is 0. The molecule has 0 spiro atoms. The molecule has 1 aromatic carbocycles. The van der Waals surface area contributed by atoms with Gasteiger partial charge in [-0.25, -0.2) is 0 Å². The molecule has 1 aromatic rings. The topological polar surface area (TPSA) is 95.5 Å². The van der Waals surface area contributed by atoms with E-state index in [2.05, 4.69) is 10.6 Å². The predicted molar refractivity (Wildman–Crippen MR) is 121 cm³/mol. The summed E-state index contributed by atoms with van der Waals surface area (Å²) in [7, 11) is 0. The number of nitrogens with one attached hydrogen (secondary N) is 2. The first kappa shape index (κ1) is 24.9. The van der Waals surface area contributed by atoms with Gasteiger partial charge in [0.25, 0.3) is 0 Å². The Morgan fingerprint density at radius 1 is 1.03 bits per heavy atom. The number of benzene rings is 1. The molecular weight excluding hydrogens is 392 g/mol. The molecule has 3 N–H and O–H groups in total. The fraction of sp³-hybridized carbons (Fsp3) is 0.640. The van der Waals surface area contributed by atoms with Crippen molar-refractivity contribution in [2.24, 2.45) is 17.8 Å². The Balaban J connectivity index is 2.00. The van der Waals surface area contributed by atoms with E-state index in [-0.39, 0.29) is 24.2 Å². The molecule has 0 aromatic heterocycles. The lowest BCUT2D eigenvalue weighted by atomic mass is 9.84. The monoisotopic (exact) mass is 430 g/mol. The molecule has 0 unspecified atom stereocenters. The van der Waals surface area contributed by atoms with Crippen molar-refractivity contribution >= 4 is 17.8 Å². The molecule has 1 aliphatic rings. The van der Waals surface area contributed by atoms with Gasteiger partial charge in [-0.15, -0.1) is 0 Å². The van der Waals surface area contributed by atoms with E-state index in [1.54, 1.807) is 0 Å². The summed E-state index contributed by atoms with van der Waals surface area (Å²) >= 11 is 0. The first-order valence-electron chi connectivity index (χ1n) is 11.7. The van der Waals surface area contributed by atoms with Crippen LogP contribution in [0, 0.1) is 17.8 Å². The summed E-state index contributed by atoms with van der Waals surface area (Å²) in [5.41, 5.74) is 1.15. The van der Waals surface area contributed by atoms with E-state index in [0.717, 1.165) is 37.7 Å². The van der Waals surface area contributed by atoms with Crippen LogP contribution in [0.1, 0.15) is 70.8 Å². The first-order valence-corrected chi connectivity index (χ1v) is 11.7. The minimum Gasteiger partial charge on any atom is -0.481 e. The molecule has 6 nitrogen and oxygen atoms in total. The lowest BCUT2D eigenvalue weighted by molar-refractivity contribution is -0.142. The minimum absolute atomic E-state index is 0.173. The number of rotatable bonds is 12. The molecule has 0 aliphatic heterocycles. The fourth-order valence-corrected chi connectivity index (χ4v) is 4.44. The zero-order valence-corrected chi connectivity index (χ0v) is 18.9. The highest BCUT2D eigenvalue weighted by Crippen LogP contribution is 2.27. The molecule has 2 rings (SSSR count). The normalized spacial score (nSPS) is 16.5. The van der Waals surface area contributed by atoms with Crippen molar-refractivity contribution in [1.82, 2.24) is 10.6 Å². The van der Waals surface area contributed by atoms with Gasteiger partial charge < -0.3 is 15.7 Å². The maximum absolute atomic E-state index is 13.0. The van der Waals surface area contributed by atoms with Gasteiger partial charge in [-0.2, -0.15) is 0 Å². The first-order chi connectivity index (χ1) is 14.8. The van der Waals surface area contributed by atoms with Crippen LogP contribution in [0.4, 0.5) is 0 Å². The van der Waals surface area contributed by atoms with Crippen molar-refractivity contribution in [1.29, 1.82) is 0 Å². The lowest BCUT2D eigenvalue weighted by Gasteiger charge is -2.28. The Hall–Kier alpha value is -2.37. The number of carbonyl (C=O) groups excluding carboxylic acids is 2. The van der Waals surface area contributed by atoms with Gasteiger partial charge in [-0.05, 0) is 36.7 Å². The van der Waals surface area contributed by atoms with Crippen LogP contribution in [0.3, 0.4) is 0 Å². The molecule has 172 valence electrons. The van der Waals surface area contributed by atoms with Crippen molar-refractivity contribution in [3.8, 4) is 0 Å². The van der Waals surface area contributed by atoms with E-state index in [0.29, 0.717) is 25.3 Å². The van der Waals surface area contributed by atoms with Gasteiger partial charge in [0.05, 0.1) is 6.42 Å². The predicted octanol–water partition coefficient (Wildman–Crippen LogP) is 3.94. The standard InChI is InChI=1S/C25H38N2O4/c1-18(2)15-21(17-23(28)29)24(30)27-22(16-20-11-7-4-8-12-20)25(31)26-14-13-19-9-5-3-6-10-19/h3,5-6,9-10,18,20-22H,4,7-8,11-17H2,1-2H3,(H,26,31)(H,27,30)(H,28,29)/t21-,22+/m1/s1. The quantitative estimate of drug-likeness (QED) is 0.468. The van der Waals surface area contributed by atoms with Gasteiger partial charge in [-0.1, -0.05) is 76.3 Å². The Kier molecular flexibility index (Phi) is 10.5. The number of hydrogen-bond donors (Lipinski definition) is 3. The third-order valence-corrected chi connectivity index (χ3v) is 6.03. The van der Waals surface area contributed by atoms with Gasteiger partial charge in [0, 0.05) is 12.5 Å². The van der Waals surface area contributed by atoms with Crippen molar-refractivity contribution in [2.45, 2.75) is 77.7 Å². The Bertz CT molecular complexity index is 699. The molecule has 2 atom stereocenters. The largest absolute Gasteiger partial charge is 0.481 e. The average Bonchev–Trinajstić information content (AvgIpc) is 2.73. The molecular formula is C25H38N2O4. The van der Waals surface area contributed by atoms with Gasteiger partial charge in [0.15, 0.2) is 0 Å². The number of carboxylic acid groups (broad SMARTS) is 1. The molecule has 0 radical (unpaired) electrons. The van der Waals surface area contributed by atoms with Crippen LogP contribution in [0.25, 0.3) is 0 Å². The van der Waals surface area contributed by atoms with Gasteiger partial charge in [0.1, 0.15) is 6.04 Å². The van der Waals surface area contributed by atoms with E-state index in [4.69, 9.17) is 0 Å². The van der Waals surface area contributed by atoms with Crippen LogP contribution in [-0.4, -0.2) is 35.5 Å². The summed E-state index contributed by atoms with van der Waals surface area (Å²) in [6.45, 7) is 4.44. The van der Waals surface area contributed by atoms with Crippen molar-refractivity contribution in [3.05, 3.63) is 35.9 Å². The minimum atomic E-state index is -0.989. The third-order valence-electron chi connectivity index (χ3n) is 6.03.